The summed E-state index contributed by atoms with van der Waals surface area (Å²) in [6.07, 6.45) is 23.3. The fourth-order valence-corrected chi connectivity index (χ4v) is 9.52. The number of esters is 7. The Kier molecular flexibility index (Phi) is 40.5. The van der Waals surface area contributed by atoms with Gasteiger partial charge in [0.25, 0.3) is 5.91 Å². The molecule has 0 aliphatic carbocycles. The summed E-state index contributed by atoms with van der Waals surface area (Å²) in [5, 5.41) is 2.85. The first kappa shape index (κ1) is 70.4. The van der Waals surface area contributed by atoms with Crippen LogP contribution in [0, 0.1) is 0 Å². The van der Waals surface area contributed by atoms with Crippen molar-refractivity contribution in [2.24, 2.45) is 0 Å². The van der Waals surface area contributed by atoms with Crippen LogP contribution in [0.25, 0.3) is 0 Å². The highest BCUT2D eigenvalue weighted by atomic mass is 16.7. The molecule has 0 radical (unpaired) electrons. The fourth-order valence-electron chi connectivity index (χ4n) is 9.52. The lowest BCUT2D eigenvalue weighted by molar-refractivity contribution is -0.310. The molecule has 0 bridgehead atoms. The van der Waals surface area contributed by atoms with Crippen LogP contribution < -0.4 is 5.32 Å². The van der Waals surface area contributed by atoms with E-state index in [1.54, 1.807) is 0 Å². The lowest BCUT2D eigenvalue weighted by Crippen LogP contribution is -2.63. The molecule has 1 fully saturated rings. The Labute approximate surface area is 461 Å². The van der Waals surface area contributed by atoms with Crippen molar-refractivity contribution in [3.8, 4) is 0 Å². The van der Waals surface area contributed by atoms with Gasteiger partial charge in [0.05, 0.1) is 12.6 Å². The summed E-state index contributed by atoms with van der Waals surface area (Å²) in [4.78, 5) is 102. The van der Waals surface area contributed by atoms with Crippen molar-refractivity contribution in [2.75, 3.05) is 13.2 Å². The molecule has 18 nitrogen and oxygen atoms in total. The van der Waals surface area contributed by atoms with E-state index in [0.29, 0.717) is 19.3 Å². The van der Waals surface area contributed by atoms with Crippen LogP contribution in [0.1, 0.15) is 249 Å². The normalized spacial score (nSPS) is 18.8. The average Bonchev–Trinajstić information content (AvgIpc) is 3.35. The maximum Gasteiger partial charge on any atom is 0.303 e. The van der Waals surface area contributed by atoms with E-state index in [0.717, 1.165) is 79.6 Å². The van der Waals surface area contributed by atoms with Gasteiger partial charge in [-0.05, 0) is 44.9 Å². The molecule has 77 heavy (non-hydrogen) atoms. The third-order valence-corrected chi connectivity index (χ3v) is 13.3. The lowest BCUT2D eigenvalue weighted by atomic mass is 9.97. The number of carbonyl (C=O) groups is 8. The molecule has 1 heterocycles. The Morgan fingerprint density at radius 1 is 0.455 bits per heavy atom. The molecule has 0 aromatic rings. The van der Waals surface area contributed by atoms with E-state index in [1.165, 1.54) is 123 Å². The zero-order chi connectivity index (χ0) is 57.2. The number of ether oxygens (including phenoxy) is 9. The summed E-state index contributed by atoms with van der Waals surface area (Å²) in [5.41, 5.74) is 0. The minimum absolute atomic E-state index is 0.175. The van der Waals surface area contributed by atoms with E-state index in [1.807, 2.05) is 0 Å². The van der Waals surface area contributed by atoms with Gasteiger partial charge in [0, 0.05) is 48.5 Å². The molecule has 0 spiro atoms. The number of hydrogen-bond donors (Lipinski definition) is 1. The Hall–Kier alpha value is -4.58. The second kappa shape index (κ2) is 44.3. The first-order chi connectivity index (χ1) is 36.9. The maximum absolute atomic E-state index is 14.4. The predicted molar refractivity (Wildman–Crippen MR) is 291 cm³/mol. The fraction of sp³-hybridized carbons (Fsp3) is 0.831. The first-order valence-corrected chi connectivity index (χ1v) is 29.3. The molecule has 0 aromatic carbocycles. The van der Waals surface area contributed by atoms with E-state index in [2.05, 4.69) is 31.3 Å². The van der Waals surface area contributed by atoms with Crippen LogP contribution in [-0.4, -0.2) is 116 Å². The standard InChI is InChI=1S/C59H101NO17/c1-10-12-14-16-18-20-22-24-25-26-27-28-30-32-34-36-38-40-52(72-45(5)63)58(68)60-50(54(73-46(6)64)51(71-44(4)62)39-37-35-33-31-29-23-21-19-17-15-13-11-2)41-70-59-57(76-49(9)67)56(75-48(8)66)55(74-47(7)65)53(77-59)42-69-43(3)61/h31,33,50-57,59H,10-30,32,34-42H2,1-9H3,(H,60,68)/b33-31-/t50-,51+,52?,53+,54-,55+,56-,57+,59+/m0/s1. The zero-order valence-corrected chi connectivity index (χ0v) is 48.7. The number of carbonyl (C=O) groups excluding carboxylic acids is 8. The Morgan fingerprint density at radius 2 is 0.883 bits per heavy atom. The number of nitrogens with one attached hydrogen (secondary N) is 1. The summed E-state index contributed by atoms with van der Waals surface area (Å²) >= 11 is 0. The summed E-state index contributed by atoms with van der Waals surface area (Å²) in [5.74, 6) is -6.19. The SMILES string of the molecule is CCCCCCCCC/C=C\CCC[C@@H](OC(C)=O)[C@@H](OC(C)=O)[C@H](CO[C@@H]1O[C@H](COC(C)=O)[C@@H](OC(C)=O)[C@H](OC(C)=O)[C@H]1OC(C)=O)NC(=O)C(CCCCCCCCCCCCCCCCCCC)OC(C)=O. The molecule has 444 valence electrons. The van der Waals surface area contributed by atoms with Gasteiger partial charge in [-0.25, -0.2) is 0 Å². The zero-order valence-electron chi connectivity index (χ0n) is 48.7. The molecule has 1 amide bonds. The van der Waals surface area contributed by atoms with Crippen molar-refractivity contribution < 1.29 is 81.0 Å². The molecule has 0 saturated carbocycles. The molecular weight excluding hydrogens is 995 g/mol. The maximum atomic E-state index is 14.4. The van der Waals surface area contributed by atoms with Gasteiger partial charge in [-0.2, -0.15) is 0 Å². The van der Waals surface area contributed by atoms with Crippen LogP contribution in [0.15, 0.2) is 12.2 Å². The monoisotopic (exact) mass is 1100 g/mol. The first-order valence-electron chi connectivity index (χ1n) is 29.3. The topological polar surface area (TPSA) is 232 Å². The highest BCUT2D eigenvalue weighted by Gasteiger charge is 2.53. The number of hydrogen-bond acceptors (Lipinski definition) is 17. The van der Waals surface area contributed by atoms with Crippen molar-refractivity contribution in [3.63, 3.8) is 0 Å². The molecule has 18 heteroatoms. The molecule has 0 aromatic heterocycles. The van der Waals surface area contributed by atoms with Gasteiger partial charge in [0.2, 0.25) is 0 Å². The van der Waals surface area contributed by atoms with Crippen LogP contribution in [0.3, 0.4) is 0 Å². The molecular formula is C59H101NO17. The predicted octanol–water partition coefficient (Wildman–Crippen LogP) is 11.3. The van der Waals surface area contributed by atoms with Gasteiger partial charge in [-0.15, -0.1) is 0 Å². The lowest BCUT2D eigenvalue weighted by Gasteiger charge is -2.44. The van der Waals surface area contributed by atoms with E-state index < -0.39 is 116 Å². The Morgan fingerprint density at radius 3 is 1.34 bits per heavy atom. The number of unbranched alkanes of at least 4 members (excludes halogenated alkanes) is 24. The van der Waals surface area contributed by atoms with Gasteiger partial charge >= 0.3 is 41.8 Å². The minimum atomic E-state index is -1.68. The Bertz CT molecular complexity index is 1700. The van der Waals surface area contributed by atoms with Gasteiger partial charge in [-0.3, -0.25) is 38.4 Å². The van der Waals surface area contributed by atoms with Crippen molar-refractivity contribution in [3.05, 3.63) is 12.2 Å². The average molecular weight is 1100 g/mol. The van der Waals surface area contributed by atoms with Crippen LogP contribution in [0.2, 0.25) is 0 Å². The van der Waals surface area contributed by atoms with Gasteiger partial charge < -0.3 is 47.9 Å². The van der Waals surface area contributed by atoms with Crippen LogP contribution in [0.4, 0.5) is 0 Å². The van der Waals surface area contributed by atoms with Crippen LogP contribution in [-0.2, 0) is 81.0 Å². The van der Waals surface area contributed by atoms with Crippen molar-refractivity contribution in [1.82, 2.24) is 5.32 Å². The molecule has 1 saturated heterocycles. The third kappa shape index (κ3) is 35.5. The number of allylic oxidation sites excluding steroid dienone is 2. The highest BCUT2D eigenvalue weighted by molar-refractivity contribution is 5.83. The Balaban J connectivity index is 3.43. The van der Waals surface area contributed by atoms with Gasteiger partial charge in [0.15, 0.2) is 36.8 Å². The van der Waals surface area contributed by atoms with E-state index in [4.69, 9.17) is 42.6 Å². The van der Waals surface area contributed by atoms with E-state index in [-0.39, 0.29) is 12.8 Å². The summed E-state index contributed by atoms with van der Waals surface area (Å²) in [6, 6.07) is -1.37. The molecule has 9 atom stereocenters. The molecule has 1 aliphatic rings. The van der Waals surface area contributed by atoms with Gasteiger partial charge in [0.1, 0.15) is 18.8 Å². The summed E-state index contributed by atoms with van der Waals surface area (Å²) in [7, 11) is 0. The van der Waals surface area contributed by atoms with Crippen LogP contribution >= 0.6 is 0 Å². The summed E-state index contributed by atoms with van der Waals surface area (Å²) in [6.45, 7) is 11.3. The third-order valence-electron chi connectivity index (χ3n) is 13.3. The second-order valence-corrected chi connectivity index (χ2v) is 20.6. The van der Waals surface area contributed by atoms with Gasteiger partial charge in [-0.1, -0.05) is 167 Å². The number of amides is 1. The largest absolute Gasteiger partial charge is 0.463 e. The highest BCUT2D eigenvalue weighted by Crippen LogP contribution is 2.31. The van der Waals surface area contributed by atoms with Crippen molar-refractivity contribution in [1.29, 1.82) is 0 Å². The van der Waals surface area contributed by atoms with E-state index >= 15 is 0 Å². The van der Waals surface area contributed by atoms with Crippen molar-refractivity contribution in [2.45, 2.75) is 304 Å². The molecule has 1 N–H and O–H groups in total. The minimum Gasteiger partial charge on any atom is -0.463 e. The molecule has 1 aliphatic heterocycles. The molecule has 1 unspecified atom stereocenters. The second-order valence-electron chi connectivity index (χ2n) is 20.6. The quantitative estimate of drug-likeness (QED) is 0.0258. The smallest absolute Gasteiger partial charge is 0.303 e. The number of rotatable bonds is 45. The summed E-state index contributed by atoms with van der Waals surface area (Å²) < 4.78 is 51.7. The molecule has 1 rings (SSSR count). The van der Waals surface area contributed by atoms with E-state index in [9.17, 15) is 38.4 Å². The van der Waals surface area contributed by atoms with Crippen molar-refractivity contribution >= 4 is 47.7 Å². The van der Waals surface area contributed by atoms with Crippen LogP contribution in [0.5, 0.6) is 0 Å².